The molecular weight excluding hydrogens is 688 g/mol. The predicted molar refractivity (Wildman–Crippen MR) is 184 cm³/mol. The van der Waals surface area contributed by atoms with Gasteiger partial charge in [-0.2, -0.15) is 0 Å². The predicted octanol–water partition coefficient (Wildman–Crippen LogP) is 6.98. The minimum absolute atomic E-state index is 0.00841. The Morgan fingerprint density at radius 3 is 2.26 bits per heavy atom. The number of hydrogen-bond donors (Lipinski definition) is 2. The minimum Gasteiger partial charge on any atom is -0.493 e. The molecule has 3 saturated heterocycles. The van der Waals surface area contributed by atoms with Gasteiger partial charge in [0.15, 0.2) is 11.5 Å². The standard InChI is InChI=1S/C37H36Cl2FN3O7/c1-48-33-10-4-24(16-34(33)49-2)28(17-30-31(38)19-42(47)20-32(30)39)29-15-22(3-9-27(29)36(44)45)18-43(26-7-5-25(40)6-8-26)37(46)50-35-21-41-13-11-23(35)12-14-41/h3-10,15-16,19-20,23,28,35H,11-14,17-18,21H2,1-2H3,(H-,44,45,47)/p+1/t28-,35-/m0/s1. The quantitative estimate of drug-likeness (QED) is 0.126. The first-order valence-corrected chi connectivity index (χ1v) is 16.9. The number of anilines is 1. The number of aromatic nitrogens is 1. The lowest BCUT2D eigenvalue weighted by Crippen LogP contribution is -2.53. The molecule has 0 aliphatic carbocycles. The number of pyridine rings is 1. The van der Waals surface area contributed by atoms with Gasteiger partial charge in [-0.05, 0) is 97.4 Å². The van der Waals surface area contributed by atoms with Gasteiger partial charge >= 0.3 is 12.1 Å². The Morgan fingerprint density at radius 1 is 0.980 bits per heavy atom. The van der Waals surface area contributed by atoms with Gasteiger partial charge in [0.05, 0.1) is 26.3 Å². The summed E-state index contributed by atoms with van der Waals surface area (Å²) in [5.74, 6) is -1.07. The number of carbonyl (C=O) groups excluding carboxylic acids is 1. The zero-order valence-corrected chi connectivity index (χ0v) is 29.0. The lowest BCUT2D eigenvalue weighted by molar-refractivity contribution is -0.904. The Bertz CT molecular complexity index is 1860. The number of aromatic carboxylic acids is 1. The summed E-state index contributed by atoms with van der Waals surface area (Å²) in [5.41, 5.74) is 2.63. The molecule has 3 aliphatic heterocycles. The molecule has 3 aromatic carbocycles. The van der Waals surface area contributed by atoms with Crippen LogP contribution in [0.3, 0.4) is 0 Å². The monoisotopic (exact) mass is 724 g/mol. The molecule has 4 aromatic rings. The van der Waals surface area contributed by atoms with Crippen molar-refractivity contribution >= 4 is 41.0 Å². The number of nitrogens with zero attached hydrogens (tertiary/aromatic N) is 3. The highest BCUT2D eigenvalue weighted by Gasteiger charge is 2.37. The van der Waals surface area contributed by atoms with Crippen molar-refractivity contribution in [3.05, 3.63) is 117 Å². The fraction of sp³-hybridized carbons (Fsp3) is 0.324. The van der Waals surface area contributed by atoms with E-state index in [1.54, 1.807) is 30.3 Å². The molecule has 13 heteroatoms. The van der Waals surface area contributed by atoms with Crippen molar-refractivity contribution in [2.75, 3.05) is 38.8 Å². The van der Waals surface area contributed by atoms with E-state index < -0.39 is 23.8 Å². The highest BCUT2D eigenvalue weighted by atomic mass is 35.5. The maximum absolute atomic E-state index is 14.0. The molecule has 4 heterocycles. The van der Waals surface area contributed by atoms with E-state index in [0.29, 0.717) is 46.0 Å². The first-order valence-electron chi connectivity index (χ1n) is 16.2. The average molecular weight is 726 g/mol. The molecule has 0 unspecified atom stereocenters. The first-order chi connectivity index (χ1) is 24.0. The van der Waals surface area contributed by atoms with E-state index in [2.05, 4.69) is 4.90 Å². The van der Waals surface area contributed by atoms with Gasteiger partial charge in [0, 0.05) is 28.4 Å². The van der Waals surface area contributed by atoms with E-state index in [-0.39, 0.29) is 40.6 Å². The average Bonchev–Trinajstić information content (AvgIpc) is 3.11. The Balaban J connectivity index is 1.42. The van der Waals surface area contributed by atoms with Crippen molar-refractivity contribution in [3.63, 3.8) is 0 Å². The van der Waals surface area contributed by atoms with Gasteiger partial charge in [0.2, 0.25) is 12.4 Å². The highest BCUT2D eigenvalue weighted by Crippen LogP contribution is 2.39. The molecule has 2 bridgehead atoms. The largest absolute Gasteiger partial charge is 0.493 e. The number of halogens is 3. The lowest BCUT2D eigenvalue weighted by Gasteiger charge is -2.44. The molecule has 3 aliphatic rings. The van der Waals surface area contributed by atoms with Crippen molar-refractivity contribution in [2.45, 2.75) is 37.8 Å². The molecule has 1 aromatic heterocycles. The number of carboxylic acids is 1. The van der Waals surface area contributed by atoms with Crippen molar-refractivity contribution in [1.29, 1.82) is 0 Å². The zero-order chi connectivity index (χ0) is 35.5. The van der Waals surface area contributed by atoms with Crippen LogP contribution < -0.4 is 19.1 Å². The van der Waals surface area contributed by atoms with E-state index in [9.17, 15) is 24.3 Å². The summed E-state index contributed by atoms with van der Waals surface area (Å²) in [6, 6.07) is 15.7. The first kappa shape index (κ1) is 35.3. The van der Waals surface area contributed by atoms with Gasteiger partial charge in [-0.25, -0.2) is 14.0 Å². The fourth-order valence-electron chi connectivity index (χ4n) is 6.91. The van der Waals surface area contributed by atoms with Gasteiger partial charge < -0.3 is 19.3 Å². The summed E-state index contributed by atoms with van der Waals surface area (Å²) in [6.07, 6.45) is 3.82. The molecule has 0 spiro atoms. The molecule has 7 rings (SSSR count). The summed E-state index contributed by atoms with van der Waals surface area (Å²) in [4.78, 5) is 30.3. The van der Waals surface area contributed by atoms with Crippen LogP contribution in [0.4, 0.5) is 14.9 Å². The van der Waals surface area contributed by atoms with Crippen LogP contribution in [-0.4, -0.2) is 67.2 Å². The number of carbonyl (C=O) groups is 2. The van der Waals surface area contributed by atoms with E-state index >= 15 is 0 Å². The van der Waals surface area contributed by atoms with E-state index in [1.807, 2.05) is 0 Å². The molecular formula is C37H37Cl2FN3O7+. The normalized spacial score (nSPS) is 18.7. The maximum Gasteiger partial charge on any atom is 0.414 e. The molecule has 50 heavy (non-hydrogen) atoms. The minimum atomic E-state index is -1.16. The molecule has 2 N–H and O–H groups in total. The van der Waals surface area contributed by atoms with Crippen LogP contribution in [0.1, 0.15) is 51.4 Å². The second kappa shape index (κ2) is 15.1. The Labute approximate surface area is 299 Å². The van der Waals surface area contributed by atoms with Crippen molar-refractivity contribution in [3.8, 4) is 11.5 Å². The number of piperidine rings is 3. The number of benzene rings is 3. The van der Waals surface area contributed by atoms with Crippen LogP contribution in [0.5, 0.6) is 11.5 Å². The molecule has 3 fully saturated rings. The number of methoxy groups -OCH3 is 2. The van der Waals surface area contributed by atoms with Crippen LogP contribution in [0, 0.1) is 11.7 Å². The van der Waals surface area contributed by atoms with E-state index in [0.717, 1.165) is 30.7 Å². The second-order valence-electron chi connectivity index (χ2n) is 12.5. The van der Waals surface area contributed by atoms with Gasteiger partial charge in [0.1, 0.15) is 22.0 Å². The number of hydrogen-bond acceptors (Lipinski definition) is 7. The molecule has 262 valence electrons. The highest BCUT2D eigenvalue weighted by molar-refractivity contribution is 6.35. The summed E-state index contributed by atoms with van der Waals surface area (Å²) < 4.78 is 31.9. The topological polar surface area (TPSA) is 113 Å². The second-order valence-corrected chi connectivity index (χ2v) is 13.3. The van der Waals surface area contributed by atoms with Crippen LogP contribution in [0.2, 0.25) is 10.0 Å². The summed E-state index contributed by atoms with van der Waals surface area (Å²) >= 11 is 13.1. The number of carboxylic acid groups (broad SMARTS) is 1. The Hall–Kier alpha value is -4.58. The number of ether oxygens (including phenoxy) is 3. The van der Waals surface area contributed by atoms with E-state index in [1.165, 1.54) is 61.8 Å². The van der Waals surface area contributed by atoms with Crippen LogP contribution in [0.25, 0.3) is 0 Å². The van der Waals surface area contributed by atoms with E-state index in [4.69, 9.17) is 37.4 Å². The van der Waals surface area contributed by atoms with Crippen LogP contribution in [-0.2, 0) is 17.7 Å². The smallest absolute Gasteiger partial charge is 0.414 e. The molecule has 0 saturated carbocycles. The SMILES string of the molecule is COc1ccc([C@H](Cc2c(Cl)c[n+](O)cc2Cl)c2cc(CN(C(=O)O[C@H]3CN4CCC3CC4)c3ccc(F)cc3)ccc2C(=O)O)cc1OC. The van der Waals surface area contributed by atoms with Gasteiger partial charge in [-0.3, -0.25) is 15.0 Å². The molecule has 0 radical (unpaired) electrons. The van der Waals surface area contributed by atoms with Gasteiger partial charge in [0.25, 0.3) is 0 Å². The summed E-state index contributed by atoms with van der Waals surface area (Å²) in [5, 5.41) is 20.8. The Kier molecular flexibility index (Phi) is 10.7. The third kappa shape index (κ3) is 7.60. The fourth-order valence-corrected chi connectivity index (χ4v) is 7.52. The van der Waals surface area contributed by atoms with Crippen molar-refractivity contribution in [2.24, 2.45) is 5.92 Å². The maximum atomic E-state index is 14.0. The number of amides is 1. The zero-order valence-electron chi connectivity index (χ0n) is 27.5. The summed E-state index contributed by atoms with van der Waals surface area (Å²) in [6.45, 7) is 2.65. The van der Waals surface area contributed by atoms with Crippen molar-refractivity contribution < 1.29 is 43.2 Å². The van der Waals surface area contributed by atoms with Crippen molar-refractivity contribution in [1.82, 2.24) is 4.90 Å². The number of rotatable bonds is 11. The third-order valence-electron chi connectivity index (χ3n) is 9.56. The number of fused-ring (bicyclic) bond motifs is 3. The third-order valence-corrected chi connectivity index (χ3v) is 10.2. The molecule has 10 nitrogen and oxygen atoms in total. The Morgan fingerprint density at radius 2 is 1.66 bits per heavy atom. The van der Waals surface area contributed by atoms with Crippen LogP contribution in [0.15, 0.2) is 73.1 Å². The van der Waals surface area contributed by atoms with Gasteiger partial charge in [-0.1, -0.05) is 41.4 Å². The lowest BCUT2D eigenvalue weighted by atomic mass is 9.82. The van der Waals surface area contributed by atoms with Gasteiger partial charge in [-0.15, -0.1) is 0 Å². The van der Waals surface area contributed by atoms with Crippen LogP contribution >= 0.6 is 23.2 Å². The summed E-state index contributed by atoms with van der Waals surface area (Å²) in [7, 11) is 3.02. The molecule has 2 atom stereocenters. The molecule has 1 amide bonds.